The van der Waals surface area contributed by atoms with Gasteiger partial charge in [-0.1, -0.05) is 23.4 Å². The van der Waals surface area contributed by atoms with E-state index in [4.69, 9.17) is 0 Å². The van der Waals surface area contributed by atoms with Gasteiger partial charge in [0, 0.05) is 24.6 Å². The first kappa shape index (κ1) is 12.6. The molecule has 16 heavy (non-hydrogen) atoms. The van der Waals surface area contributed by atoms with Gasteiger partial charge in [0.2, 0.25) is 0 Å². The zero-order valence-corrected chi connectivity index (χ0v) is 10.3. The summed E-state index contributed by atoms with van der Waals surface area (Å²) in [4.78, 5) is 18.6. The maximum Gasteiger partial charge on any atom is 0.285 e. The fraction of sp³-hybridized carbons (Fsp3) is 0.273. The summed E-state index contributed by atoms with van der Waals surface area (Å²) < 4.78 is 0. The van der Waals surface area contributed by atoms with Crippen molar-refractivity contribution in [3.63, 3.8) is 0 Å². The van der Waals surface area contributed by atoms with Crippen molar-refractivity contribution < 1.29 is 9.63 Å². The summed E-state index contributed by atoms with van der Waals surface area (Å²) >= 11 is 1.17. The smallest absolute Gasteiger partial charge is 0.285 e. The van der Waals surface area contributed by atoms with E-state index in [1.54, 1.807) is 20.3 Å². The van der Waals surface area contributed by atoms with Crippen molar-refractivity contribution in [2.75, 3.05) is 21.2 Å². The van der Waals surface area contributed by atoms with E-state index in [1.807, 2.05) is 24.3 Å². The Morgan fingerprint density at radius 1 is 1.44 bits per heavy atom. The van der Waals surface area contributed by atoms with Crippen LogP contribution in [0.5, 0.6) is 0 Å². The predicted molar refractivity (Wildman–Crippen MR) is 66.0 cm³/mol. The van der Waals surface area contributed by atoms with E-state index in [1.165, 1.54) is 23.8 Å². The third-order valence-electron chi connectivity index (χ3n) is 1.78. The van der Waals surface area contributed by atoms with E-state index < -0.39 is 0 Å². The zero-order valence-electron chi connectivity index (χ0n) is 9.51. The summed E-state index contributed by atoms with van der Waals surface area (Å²) in [7, 11) is 4.93. The van der Waals surface area contributed by atoms with Gasteiger partial charge in [0.15, 0.2) is 0 Å². The Morgan fingerprint density at radius 2 is 2.12 bits per heavy atom. The van der Waals surface area contributed by atoms with Gasteiger partial charge < -0.3 is 9.74 Å². The molecule has 0 radical (unpaired) electrons. The Morgan fingerprint density at radius 3 is 2.75 bits per heavy atom. The molecule has 4 nitrogen and oxygen atoms in total. The molecule has 0 unspecified atom stereocenters. The molecule has 86 valence electrons. The van der Waals surface area contributed by atoms with Crippen LogP contribution in [0.1, 0.15) is 5.56 Å². The lowest BCUT2D eigenvalue weighted by Crippen LogP contribution is -2.16. The highest BCUT2D eigenvalue weighted by Gasteiger charge is 2.09. The summed E-state index contributed by atoms with van der Waals surface area (Å²) in [6, 6.07) is 7.54. The molecule has 0 atom stereocenters. The maximum atomic E-state index is 11.6. The highest BCUT2D eigenvalue weighted by molar-refractivity contribution is 8.13. The van der Waals surface area contributed by atoms with Gasteiger partial charge in [-0.15, -0.1) is 0 Å². The van der Waals surface area contributed by atoms with Crippen molar-refractivity contribution in [3.8, 4) is 0 Å². The molecule has 1 aromatic rings. The van der Waals surface area contributed by atoms with E-state index in [-0.39, 0.29) is 5.24 Å². The molecule has 1 rings (SSSR count). The third kappa shape index (κ3) is 3.58. The fourth-order valence-corrected chi connectivity index (χ4v) is 1.73. The summed E-state index contributed by atoms with van der Waals surface area (Å²) in [5, 5.41) is 3.68. The molecule has 0 heterocycles. The zero-order chi connectivity index (χ0) is 12.0. The van der Waals surface area contributed by atoms with Crippen LogP contribution < -0.4 is 0 Å². The third-order valence-corrected chi connectivity index (χ3v) is 2.91. The first-order valence-electron chi connectivity index (χ1n) is 4.70. The van der Waals surface area contributed by atoms with Gasteiger partial charge in [0.1, 0.15) is 7.11 Å². The largest absolute Gasteiger partial charge is 0.399 e. The van der Waals surface area contributed by atoms with E-state index in [9.17, 15) is 4.79 Å². The summed E-state index contributed by atoms with van der Waals surface area (Å²) in [6.07, 6.45) is 1.59. The number of carbonyl (C=O) groups is 1. The van der Waals surface area contributed by atoms with Crippen LogP contribution in [-0.4, -0.2) is 37.6 Å². The van der Waals surface area contributed by atoms with Gasteiger partial charge in [-0.05, 0) is 17.8 Å². The number of benzene rings is 1. The Bertz CT molecular complexity index is 391. The molecule has 0 N–H and O–H groups in total. The standard InChI is InChI=1S/C11H14N2O2S/c1-13(2)11(14)16-10-7-5-4-6-9(10)8-12-15-3/h4-8H,1-3H3/b12-8+. The number of nitrogens with zero attached hydrogens (tertiary/aromatic N) is 2. The molecule has 0 aliphatic heterocycles. The summed E-state index contributed by atoms with van der Waals surface area (Å²) in [6.45, 7) is 0. The molecule has 0 bridgehead atoms. The average molecular weight is 238 g/mol. The number of amides is 1. The van der Waals surface area contributed by atoms with Gasteiger partial charge in [-0.2, -0.15) is 0 Å². The van der Waals surface area contributed by atoms with Crippen LogP contribution in [0.3, 0.4) is 0 Å². The quantitative estimate of drug-likeness (QED) is 0.461. The minimum atomic E-state index is -0.0155. The SMILES string of the molecule is CO/N=C/c1ccccc1SC(=O)N(C)C. The summed E-state index contributed by atoms with van der Waals surface area (Å²) in [5.41, 5.74) is 0.865. The molecule has 1 amide bonds. The van der Waals surface area contributed by atoms with Gasteiger partial charge in [-0.25, -0.2) is 0 Å². The van der Waals surface area contributed by atoms with Crippen molar-refractivity contribution in [2.45, 2.75) is 4.90 Å². The molecular formula is C11H14N2O2S. The van der Waals surface area contributed by atoms with Crippen molar-refractivity contribution in [1.29, 1.82) is 0 Å². The van der Waals surface area contributed by atoms with Crippen LogP contribution in [0.25, 0.3) is 0 Å². The van der Waals surface area contributed by atoms with Gasteiger partial charge in [-0.3, -0.25) is 4.79 Å². The normalized spacial score (nSPS) is 10.4. The van der Waals surface area contributed by atoms with Crippen molar-refractivity contribution >= 4 is 23.2 Å². The van der Waals surface area contributed by atoms with Gasteiger partial charge in [0.25, 0.3) is 5.24 Å². The minimum absolute atomic E-state index is 0.0155. The number of hydrogen-bond donors (Lipinski definition) is 0. The summed E-state index contributed by atoms with van der Waals surface area (Å²) in [5.74, 6) is 0. The van der Waals surface area contributed by atoms with E-state index in [0.717, 1.165) is 10.5 Å². The number of rotatable bonds is 3. The fourth-order valence-electron chi connectivity index (χ4n) is 0.975. The second-order valence-electron chi connectivity index (χ2n) is 3.22. The van der Waals surface area contributed by atoms with Crippen molar-refractivity contribution in [3.05, 3.63) is 29.8 Å². The van der Waals surface area contributed by atoms with Crippen LogP contribution >= 0.6 is 11.8 Å². The predicted octanol–water partition coefficient (Wildman–Crippen LogP) is 2.44. The van der Waals surface area contributed by atoms with Crippen LogP contribution in [0.2, 0.25) is 0 Å². The van der Waals surface area contributed by atoms with Crippen LogP contribution in [-0.2, 0) is 4.84 Å². The second-order valence-corrected chi connectivity index (χ2v) is 4.21. The Labute approximate surface area is 99.3 Å². The molecule has 5 heteroatoms. The average Bonchev–Trinajstić information content (AvgIpc) is 2.27. The lowest BCUT2D eigenvalue weighted by molar-refractivity contribution is 0.215. The van der Waals surface area contributed by atoms with Gasteiger partial charge >= 0.3 is 0 Å². The number of thioether (sulfide) groups is 1. The molecule has 0 aliphatic carbocycles. The number of carbonyl (C=O) groups excluding carboxylic acids is 1. The first-order valence-corrected chi connectivity index (χ1v) is 5.51. The molecular weight excluding hydrogens is 224 g/mol. The topological polar surface area (TPSA) is 41.9 Å². The van der Waals surface area contributed by atoms with Crippen LogP contribution in [0.15, 0.2) is 34.3 Å². The second kappa shape index (κ2) is 6.17. The molecule has 0 fully saturated rings. The van der Waals surface area contributed by atoms with E-state index in [0.29, 0.717) is 0 Å². The number of oxime groups is 1. The van der Waals surface area contributed by atoms with E-state index in [2.05, 4.69) is 9.99 Å². The van der Waals surface area contributed by atoms with Gasteiger partial charge in [0.05, 0.1) is 6.21 Å². The highest BCUT2D eigenvalue weighted by atomic mass is 32.2. The molecule has 0 saturated carbocycles. The Kier molecular flexibility index (Phi) is 4.85. The van der Waals surface area contributed by atoms with Crippen molar-refractivity contribution in [1.82, 2.24) is 4.90 Å². The molecule has 0 aliphatic rings. The monoisotopic (exact) mass is 238 g/mol. The van der Waals surface area contributed by atoms with Crippen LogP contribution in [0, 0.1) is 0 Å². The first-order chi connectivity index (χ1) is 7.65. The van der Waals surface area contributed by atoms with Crippen LogP contribution in [0.4, 0.5) is 4.79 Å². The maximum absolute atomic E-state index is 11.6. The molecule has 1 aromatic carbocycles. The molecule has 0 spiro atoms. The highest BCUT2D eigenvalue weighted by Crippen LogP contribution is 2.23. The lowest BCUT2D eigenvalue weighted by Gasteiger charge is -2.10. The molecule has 0 saturated heterocycles. The lowest BCUT2D eigenvalue weighted by atomic mass is 10.2. The van der Waals surface area contributed by atoms with Crippen molar-refractivity contribution in [2.24, 2.45) is 5.16 Å². The Hall–Kier alpha value is -1.49. The number of hydrogen-bond acceptors (Lipinski definition) is 4. The Balaban J connectivity index is 2.86. The minimum Gasteiger partial charge on any atom is -0.399 e. The van der Waals surface area contributed by atoms with E-state index >= 15 is 0 Å². The molecule has 0 aromatic heterocycles.